The van der Waals surface area contributed by atoms with Crippen molar-refractivity contribution >= 4 is 17.3 Å². The van der Waals surface area contributed by atoms with Gasteiger partial charge in [-0.3, -0.25) is 0 Å². The Balaban J connectivity index is 1.78. The maximum atomic E-state index is 4.35. The zero-order valence-corrected chi connectivity index (χ0v) is 11.8. The Kier molecular flexibility index (Phi) is 3.52. The van der Waals surface area contributed by atoms with Crippen LogP contribution in [-0.4, -0.2) is 36.1 Å². The van der Waals surface area contributed by atoms with Crippen molar-refractivity contribution in [3.05, 3.63) is 42.2 Å². The molecule has 0 atom stereocenters. The molecule has 20 heavy (non-hydrogen) atoms. The smallest absolute Gasteiger partial charge is 0.138 e. The van der Waals surface area contributed by atoms with Gasteiger partial charge in [0.1, 0.15) is 18.0 Å². The minimum absolute atomic E-state index is 0.474. The lowest BCUT2D eigenvalue weighted by atomic mass is 10.2. The number of rotatable bonds is 4. The highest BCUT2D eigenvalue weighted by molar-refractivity contribution is 5.61. The second-order valence-electron chi connectivity index (χ2n) is 5.16. The molecular weight excluding hydrogens is 250 g/mol. The van der Waals surface area contributed by atoms with E-state index < -0.39 is 0 Å². The first-order valence-corrected chi connectivity index (χ1v) is 6.82. The summed E-state index contributed by atoms with van der Waals surface area (Å²) in [7, 11) is 2.02. The number of hydrogen-bond donors (Lipinski definition) is 2. The van der Waals surface area contributed by atoms with Crippen LogP contribution in [0.1, 0.15) is 5.56 Å². The van der Waals surface area contributed by atoms with E-state index in [0.29, 0.717) is 6.04 Å². The topological polar surface area (TPSA) is 53.1 Å². The van der Waals surface area contributed by atoms with Crippen molar-refractivity contribution in [2.24, 2.45) is 0 Å². The van der Waals surface area contributed by atoms with Gasteiger partial charge in [0.2, 0.25) is 0 Å². The second kappa shape index (κ2) is 5.46. The Morgan fingerprint density at radius 1 is 1.20 bits per heavy atom. The Bertz CT molecular complexity index is 577. The van der Waals surface area contributed by atoms with Crippen LogP contribution in [0.4, 0.5) is 17.3 Å². The molecule has 0 spiro atoms. The molecule has 1 saturated heterocycles. The SMILES string of the molecule is Cc1ccc(N(C)c2cc(NC3CNC3)ncn2)cc1. The largest absolute Gasteiger partial charge is 0.365 e. The van der Waals surface area contributed by atoms with Crippen LogP contribution in [0.15, 0.2) is 36.7 Å². The van der Waals surface area contributed by atoms with Crippen molar-refractivity contribution in [2.75, 3.05) is 30.4 Å². The molecule has 0 radical (unpaired) electrons. The molecule has 1 aromatic carbocycles. The first-order chi connectivity index (χ1) is 9.72. The highest BCUT2D eigenvalue weighted by Gasteiger charge is 2.17. The Hall–Kier alpha value is -2.14. The fourth-order valence-electron chi connectivity index (χ4n) is 2.11. The summed E-state index contributed by atoms with van der Waals surface area (Å²) in [5.74, 6) is 1.76. The monoisotopic (exact) mass is 269 g/mol. The third-order valence-electron chi connectivity index (χ3n) is 3.55. The number of benzene rings is 1. The van der Waals surface area contributed by atoms with Crippen LogP contribution < -0.4 is 15.5 Å². The van der Waals surface area contributed by atoms with E-state index in [4.69, 9.17) is 0 Å². The fraction of sp³-hybridized carbons (Fsp3) is 0.333. The number of nitrogens with zero attached hydrogens (tertiary/aromatic N) is 3. The Morgan fingerprint density at radius 3 is 2.60 bits per heavy atom. The molecule has 2 heterocycles. The summed E-state index contributed by atoms with van der Waals surface area (Å²) >= 11 is 0. The van der Waals surface area contributed by atoms with Gasteiger partial charge in [0, 0.05) is 31.9 Å². The van der Waals surface area contributed by atoms with E-state index in [1.54, 1.807) is 6.33 Å². The molecule has 1 fully saturated rings. The molecule has 1 aliphatic heterocycles. The van der Waals surface area contributed by atoms with Crippen LogP contribution in [0.5, 0.6) is 0 Å². The molecule has 2 N–H and O–H groups in total. The number of aromatic nitrogens is 2. The molecule has 3 rings (SSSR count). The summed E-state index contributed by atoms with van der Waals surface area (Å²) in [4.78, 5) is 10.7. The highest BCUT2D eigenvalue weighted by Crippen LogP contribution is 2.23. The molecule has 0 unspecified atom stereocenters. The molecule has 0 bridgehead atoms. The van der Waals surface area contributed by atoms with Crippen molar-refractivity contribution in [2.45, 2.75) is 13.0 Å². The Morgan fingerprint density at radius 2 is 1.95 bits per heavy atom. The average Bonchev–Trinajstić information content (AvgIpc) is 2.43. The molecule has 104 valence electrons. The van der Waals surface area contributed by atoms with E-state index in [0.717, 1.165) is 30.4 Å². The molecule has 5 heteroatoms. The van der Waals surface area contributed by atoms with E-state index in [9.17, 15) is 0 Å². The molecule has 0 aliphatic carbocycles. The van der Waals surface area contributed by atoms with Gasteiger partial charge in [-0.15, -0.1) is 0 Å². The predicted octanol–water partition coefficient (Wildman–Crippen LogP) is 1.94. The maximum absolute atomic E-state index is 4.35. The molecule has 5 nitrogen and oxygen atoms in total. The second-order valence-corrected chi connectivity index (χ2v) is 5.16. The van der Waals surface area contributed by atoms with Crippen LogP contribution >= 0.6 is 0 Å². The summed E-state index contributed by atoms with van der Waals surface area (Å²) in [6.45, 7) is 4.07. The number of aryl methyl sites for hydroxylation is 1. The maximum Gasteiger partial charge on any atom is 0.138 e. The van der Waals surface area contributed by atoms with E-state index in [1.807, 2.05) is 13.1 Å². The van der Waals surface area contributed by atoms with E-state index >= 15 is 0 Å². The summed E-state index contributed by atoms with van der Waals surface area (Å²) in [5, 5.41) is 6.63. The van der Waals surface area contributed by atoms with E-state index in [-0.39, 0.29) is 0 Å². The van der Waals surface area contributed by atoms with Crippen molar-refractivity contribution < 1.29 is 0 Å². The molecular formula is C15H19N5. The quantitative estimate of drug-likeness (QED) is 0.888. The number of nitrogens with one attached hydrogen (secondary N) is 2. The molecule has 0 amide bonds. The van der Waals surface area contributed by atoms with Gasteiger partial charge in [-0.05, 0) is 19.1 Å². The first kappa shape index (κ1) is 12.9. The molecule has 0 saturated carbocycles. The van der Waals surface area contributed by atoms with Crippen LogP contribution in [0.25, 0.3) is 0 Å². The van der Waals surface area contributed by atoms with Crippen molar-refractivity contribution in [1.29, 1.82) is 0 Å². The van der Waals surface area contributed by atoms with Crippen LogP contribution in [0.3, 0.4) is 0 Å². The van der Waals surface area contributed by atoms with Crippen molar-refractivity contribution in [1.82, 2.24) is 15.3 Å². The minimum Gasteiger partial charge on any atom is -0.365 e. The normalized spacial score (nSPS) is 14.7. The lowest BCUT2D eigenvalue weighted by molar-refractivity contribution is 0.471. The lowest BCUT2D eigenvalue weighted by Crippen LogP contribution is -2.51. The summed E-state index contributed by atoms with van der Waals surface area (Å²) in [6, 6.07) is 10.9. The van der Waals surface area contributed by atoms with E-state index in [1.165, 1.54) is 5.56 Å². The van der Waals surface area contributed by atoms with Gasteiger partial charge in [0.15, 0.2) is 0 Å². The van der Waals surface area contributed by atoms with Gasteiger partial charge in [0.25, 0.3) is 0 Å². The average molecular weight is 269 g/mol. The Labute approximate surface area is 119 Å². The number of hydrogen-bond acceptors (Lipinski definition) is 5. The zero-order valence-electron chi connectivity index (χ0n) is 11.8. The first-order valence-electron chi connectivity index (χ1n) is 6.82. The van der Waals surface area contributed by atoms with Crippen LogP contribution in [-0.2, 0) is 0 Å². The van der Waals surface area contributed by atoms with Gasteiger partial charge in [0.05, 0.1) is 6.04 Å². The third kappa shape index (κ3) is 2.72. The standard InChI is InChI=1S/C15H19N5/c1-11-3-5-13(6-4-11)20(2)15-7-14(17-10-18-15)19-12-8-16-9-12/h3-7,10,12,16H,8-9H2,1-2H3,(H,17,18,19). The van der Waals surface area contributed by atoms with Crippen molar-refractivity contribution in [3.8, 4) is 0 Å². The summed E-state index contributed by atoms with van der Waals surface area (Å²) in [5.41, 5.74) is 2.37. The van der Waals surface area contributed by atoms with Gasteiger partial charge >= 0.3 is 0 Å². The fourth-order valence-corrected chi connectivity index (χ4v) is 2.11. The van der Waals surface area contributed by atoms with Gasteiger partial charge in [-0.25, -0.2) is 9.97 Å². The molecule has 2 aromatic rings. The predicted molar refractivity (Wildman–Crippen MR) is 81.6 cm³/mol. The van der Waals surface area contributed by atoms with Crippen molar-refractivity contribution in [3.63, 3.8) is 0 Å². The third-order valence-corrected chi connectivity index (χ3v) is 3.55. The van der Waals surface area contributed by atoms with E-state index in [2.05, 4.69) is 56.7 Å². The lowest BCUT2D eigenvalue weighted by Gasteiger charge is -2.28. The summed E-state index contributed by atoms with van der Waals surface area (Å²) in [6.07, 6.45) is 1.61. The molecule has 1 aliphatic rings. The van der Waals surface area contributed by atoms with Crippen LogP contribution in [0, 0.1) is 6.92 Å². The molecule has 1 aromatic heterocycles. The van der Waals surface area contributed by atoms with Gasteiger partial charge < -0.3 is 15.5 Å². The minimum atomic E-state index is 0.474. The van der Waals surface area contributed by atoms with Gasteiger partial charge in [-0.1, -0.05) is 17.7 Å². The number of anilines is 3. The van der Waals surface area contributed by atoms with Gasteiger partial charge in [-0.2, -0.15) is 0 Å². The zero-order chi connectivity index (χ0) is 13.9. The highest BCUT2D eigenvalue weighted by atomic mass is 15.2. The van der Waals surface area contributed by atoms with Crippen LogP contribution in [0.2, 0.25) is 0 Å². The summed E-state index contributed by atoms with van der Waals surface area (Å²) < 4.78 is 0.